The van der Waals surface area contributed by atoms with E-state index in [0.717, 1.165) is 27.1 Å². The van der Waals surface area contributed by atoms with Gasteiger partial charge in [0.25, 0.3) is 0 Å². The van der Waals surface area contributed by atoms with Crippen LogP contribution in [0.4, 0.5) is 0 Å². The first-order valence-electron chi connectivity index (χ1n) is 7.59. The van der Waals surface area contributed by atoms with Crippen molar-refractivity contribution < 1.29 is 4.74 Å². The Labute approximate surface area is 153 Å². The Balaban J connectivity index is 1.82. The number of nitrogens with zero attached hydrogens (tertiary/aromatic N) is 2. The van der Waals surface area contributed by atoms with E-state index in [1.165, 1.54) is 10.5 Å². The van der Waals surface area contributed by atoms with Crippen molar-refractivity contribution in [1.29, 1.82) is 0 Å². The first kappa shape index (κ1) is 16.0. The minimum absolute atomic E-state index is 0.164. The van der Waals surface area contributed by atoms with E-state index < -0.39 is 0 Å². The lowest BCUT2D eigenvalue weighted by Gasteiger charge is -2.14. The summed E-state index contributed by atoms with van der Waals surface area (Å²) in [6, 6.07) is 4.01. The van der Waals surface area contributed by atoms with Crippen LogP contribution in [0.25, 0.3) is 26.5 Å². The molecular formula is C18H15ClN2OS2. The van der Waals surface area contributed by atoms with E-state index in [0.29, 0.717) is 11.0 Å². The van der Waals surface area contributed by atoms with Gasteiger partial charge in [0.1, 0.15) is 9.98 Å². The van der Waals surface area contributed by atoms with Gasteiger partial charge in [0.2, 0.25) is 0 Å². The molecule has 0 bridgehead atoms. The number of methoxy groups -OCH3 is 1. The molecule has 1 unspecified atom stereocenters. The molecule has 4 rings (SSSR count). The van der Waals surface area contributed by atoms with Gasteiger partial charge >= 0.3 is 0 Å². The minimum atomic E-state index is 0.164. The molecule has 24 heavy (non-hydrogen) atoms. The monoisotopic (exact) mass is 374 g/mol. The van der Waals surface area contributed by atoms with Crippen molar-refractivity contribution in [1.82, 2.24) is 9.97 Å². The first-order chi connectivity index (χ1) is 11.7. The van der Waals surface area contributed by atoms with Crippen molar-refractivity contribution in [3.05, 3.63) is 51.3 Å². The summed E-state index contributed by atoms with van der Waals surface area (Å²) in [4.78, 5) is 12.4. The number of ether oxygens (including phenoxy) is 1. The highest BCUT2D eigenvalue weighted by atomic mass is 35.5. The minimum Gasteiger partial charge on any atom is -0.377 e. The molecule has 0 amide bonds. The molecule has 0 N–H and O–H groups in total. The van der Waals surface area contributed by atoms with Gasteiger partial charge in [-0.05, 0) is 35.9 Å². The maximum atomic E-state index is 6.48. The zero-order valence-corrected chi connectivity index (χ0v) is 15.6. The number of fused-ring (bicyclic) bond motifs is 1. The molecule has 1 atom stereocenters. The molecule has 1 aliphatic carbocycles. The van der Waals surface area contributed by atoms with Crippen molar-refractivity contribution in [3.8, 4) is 10.7 Å². The van der Waals surface area contributed by atoms with Gasteiger partial charge in [0, 0.05) is 12.0 Å². The molecule has 0 aromatic carbocycles. The second kappa shape index (κ2) is 6.41. The van der Waals surface area contributed by atoms with Crippen molar-refractivity contribution in [2.75, 3.05) is 7.11 Å². The van der Waals surface area contributed by atoms with Crippen molar-refractivity contribution in [2.45, 2.75) is 19.4 Å². The summed E-state index contributed by atoms with van der Waals surface area (Å²) >= 11 is 9.78. The van der Waals surface area contributed by atoms with Crippen LogP contribution in [0.5, 0.6) is 0 Å². The van der Waals surface area contributed by atoms with Gasteiger partial charge in [-0.3, -0.25) is 0 Å². The van der Waals surface area contributed by atoms with Gasteiger partial charge in [0.05, 0.1) is 16.4 Å². The van der Waals surface area contributed by atoms with Crippen LogP contribution in [0.3, 0.4) is 0 Å². The summed E-state index contributed by atoms with van der Waals surface area (Å²) < 4.78 is 5.37. The molecule has 3 nitrogen and oxygen atoms in total. The van der Waals surface area contributed by atoms with Gasteiger partial charge in [-0.1, -0.05) is 35.9 Å². The number of thiophene rings is 2. The van der Waals surface area contributed by atoms with E-state index >= 15 is 0 Å². The highest BCUT2D eigenvalue weighted by Gasteiger charge is 2.19. The summed E-state index contributed by atoms with van der Waals surface area (Å²) in [5.74, 6) is 0.697. The van der Waals surface area contributed by atoms with E-state index in [1.807, 2.05) is 17.5 Å². The molecular weight excluding hydrogens is 360 g/mol. The third kappa shape index (κ3) is 2.71. The SMILES string of the molecule is COC1C=CC(c2sc3nc(-c4cccs4)nc(Cl)c3c2C)=CC1. The molecule has 1 aliphatic rings. The van der Waals surface area contributed by atoms with Crippen LogP contribution in [0, 0.1) is 6.92 Å². The third-order valence-electron chi connectivity index (χ3n) is 4.11. The Bertz CT molecular complexity index is 957. The van der Waals surface area contributed by atoms with E-state index in [2.05, 4.69) is 30.1 Å². The predicted molar refractivity (Wildman–Crippen MR) is 103 cm³/mol. The smallest absolute Gasteiger partial charge is 0.172 e. The van der Waals surface area contributed by atoms with Crippen LogP contribution in [-0.2, 0) is 4.74 Å². The topological polar surface area (TPSA) is 35.0 Å². The number of allylic oxidation sites excluding steroid dienone is 2. The largest absolute Gasteiger partial charge is 0.377 e. The maximum absolute atomic E-state index is 6.48. The van der Waals surface area contributed by atoms with Crippen LogP contribution in [0.15, 0.2) is 35.7 Å². The lowest BCUT2D eigenvalue weighted by Crippen LogP contribution is -2.07. The molecule has 0 fully saturated rings. The molecule has 0 saturated heterocycles. The number of hydrogen-bond donors (Lipinski definition) is 0. The average molecular weight is 375 g/mol. The van der Waals surface area contributed by atoms with Gasteiger partial charge in [-0.15, -0.1) is 22.7 Å². The van der Waals surface area contributed by atoms with Crippen molar-refractivity contribution >= 4 is 50.1 Å². The highest BCUT2D eigenvalue weighted by molar-refractivity contribution is 7.20. The molecule has 3 aromatic rings. The van der Waals surface area contributed by atoms with E-state index in [9.17, 15) is 0 Å². The second-order valence-electron chi connectivity index (χ2n) is 5.58. The van der Waals surface area contributed by atoms with Crippen LogP contribution >= 0.6 is 34.3 Å². The first-order valence-corrected chi connectivity index (χ1v) is 9.67. The van der Waals surface area contributed by atoms with Gasteiger partial charge in [0.15, 0.2) is 5.82 Å². The molecule has 3 heterocycles. The number of halogens is 1. The van der Waals surface area contributed by atoms with Crippen LogP contribution in [0.2, 0.25) is 5.15 Å². The second-order valence-corrected chi connectivity index (χ2v) is 7.88. The molecule has 0 spiro atoms. The number of aryl methyl sites for hydroxylation is 1. The van der Waals surface area contributed by atoms with E-state index in [4.69, 9.17) is 21.3 Å². The molecule has 6 heteroatoms. The number of rotatable bonds is 3. The lowest BCUT2D eigenvalue weighted by atomic mass is 10.0. The summed E-state index contributed by atoms with van der Waals surface area (Å²) in [5.41, 5.74) is 2.35. The highest BCUT2D eigenvalue weighted by Crippen LogP contribution is 2.40. The lowest BCUT2D eigenvalue weighted by molar-refractivity contribution is 0.143. The fourth-order valence-corrected chi connectivity index (χ4v) is 5.05. The van der Waals surface area contributed by atoms with Gasteiger partial charge in [-0.2, -0.15) is 0 Å². The Kier molecular flexibility index (Phi) is 4.26. The van der Waals surface area contributed by atoms with Crippen molar-refractivity contribution in [2.24, 2.45) is 0 Å². The summed E-state index contributed by atoms with van der Waals surface area (Å²) in [6.45, 7) is 2.09. The Morgan fingerprint density at radius 2 is 2.21 bits per heavy atom. The summed E-state index contributed by atoms with van der Waals surface area (Å²) in [6.07, 6.45) is 7.49. The quantitative estimate of drug-likeness (QED) is 0.548. The van der Waals surface area contributed by atoms with Gasteiger partial charge < -0.3 is 4.74 Å². The molecule has 3 aromatic heterocycles. The number of aromatic nitrogens is 2. The van der Waals surface area contributed by atoms with Crippen LogP contribution in [0.1, 0.15) is 16.9 Å². The number of hydrogen-bond acceptors (Lipinski definition) is 5. The zero-order chi connectivity index (χ0) is 16.7. The Hall–Kier alpha value is -1.53. The Morgan fingerprint density at radius 1 is 1.33 bits per heavy atom. The standard InChI is InChI=1S/C18H15ClN2OS2/c1-10-14-16(19)20-17(13-4-3-9-23-13)21-18(14)24-15(10)11-5-7-12(22-2)8-6-11/h3-7,9,12H,8H2,1-2H3. The normalized spacial score (nSPS) is 17.5. The predicted octanol–water partition coefficient (Wildman–Crippen LogP) is 5.74. The third-order valence-corrected chi connectivity index (χ3v) is 6.49. The van der Waals surface area contributed by atoms with Crippen molar-refractivity contribution in [3.63, 3.8) is 0 Å². The van der Waals surface area contributed by atoms with Gasteiger partial charge in [-0.25, -0.2) is 9.97 Å². The fourth-order valence-electron chi connectivity index (χ4n) is 2.83. The summed E-state index contributed by atoms with van der Waals surface area (Å²) in [5, 5.41) is 3.50. The molecule has 0 radical (unpaired) electrons. The van der Waals surface area contributed by atoms with E-state index in [-0.39, 0.29) is 6.10 Å². The molecule has 0 saturated carbocycles. The molecule has 0 aliphatic heterocycles. The van der Waals surface area contributed by atoms with E-state index in [1.54, 1.807) is 29.8 Å². The fraction of sp³-hybridized carbons (Fsp3) is 0.222. The van der Waals surface area contributed by atoms with Crippen LogP contribution < -0.4 is 0 Å². The maximum Gasteiger partial charge on any atom is 0.172 e. The van der Waals surface area contributed by atoms with Crippen LogP contribution in [-0.4, -0.2) is 23.2 Å². The Morgan fingerprint density at radius 3 is 2.88 bits per heavy atom. The zero-order valence-electron chi connectivity index (χ0n) is 13.2. The summed E-state index contributed by atoms with van der Waals surface area (Å²) in [7, 11) is 1.74. The average Bonchev–Trinajstić information content (AvgIpc) is 3.23. The molecule has 122 valence electrons.